The molecule has 3 N–H and O–H groups in total. The number of hydrogen-bond acceptors (Lipinski definition) is 6. The highest BCUT2D eigenvalue weighted by Gasteiger charge is 2.38. The Labute approximate surface area is 155 Å². The molecular weight excluding hydrogens is 356 g/mol. The second kappa shape index (κ2) is 8.39. The Balaban J connectivity index is 1.60. The molecule has 1 unspecified atom stereocenters. The summed E-state index contributed by atoms with van der Waals surface area (Å²) in [6, 6.07) is 15.0. The van der Waals surface area contributed by atoms with Gasteiger partial charge in [0.15, 0.2) is 4.90 Å². The number of aliphatic hydroxyl groups excluding tert-OH is 3. The van der Waals surface area contributed by atoms with E-state index >= 15 is 0 Å². The molecule has 2 aromatic carbocycles. The van der Waals surface area contributed by atoms with Gasteiger partial charge in [-0.15, -0.1) is 0 Å². The van der Waals surface area contributed by atoms with E-state index in [1.54, 1.807) is 18.4 Å². The average molecular weight is 378 g/mol. The second-order valence-corrected chi connectivity index (χ2v) is 7.67. The zero-order valence-corrected chi connectivity index (χ0v) is 15.1. The van der Waals surface area contributed by atoms with Gasteiger partial charge in [0.25, 0.3) is 0 Å². The van der Waals surface area contributed by atoms with Crippen molar-refractivity contribution in [3.63, 3.8) is 0 Å². The third-order valence-corrected chi connectivity index (χ3v) is 5.23. The van der Waals surface area contributed by atoms with Crippen LogP contribution in [0.1, 0.15) is 11.1 Å². The summed E-state index contributed by atoms with van der Waals surface area (Å²) >= 11 is -0.981. The van der Waals surface area contributed by atoms with Gasteiger partial charge in [0, 0.05) is 0 Å². The summed E-state index contributed by atoms with van der Waals surface area (Å²) in [6.07, 6.45) is -2.38. The van der Waals surface area contributed by atoms with Crippen LogP contribution < -0.4 is 4.74 Å². The van der Waals surface area contributed by atoms with E-state index in [0.717, 1.165) is 22.4 Å². The van der Waals surface area contributed by atoms with Gasteiger partial charge in [0.1, 0.15) is 30.3 Å². The van der Waals surface area contributed by atoms with Crippen LogP contribution in [0.3, 0.4) is 0 Å². The third-order valence-electron chi connectivity index (χ3n) is 4.29. The van der Waals surface area contributed by atoms with Crippen molar-refractivity contribution in [2.24, 2.45) is 0 Å². The molecule has 1 aliphatic heterocycles. The number of hydrogen-bond donors (Lipinski definition) is 3. The maximum atomic E-state index is 11.4. The van der Waals surface area contributed by atoms with Crippen LogP contribution in [-0.2, 0) is 22.3 Å². The Morgan fingerprint density at radius 1 is 1.00 bits per heavy atom. The van der Waals surface area contributed by atoms with Gasteiger partial charge in [-0.1, -0.05) is 24.3 Å². The Kier molecular flexibility index (Phi) is 6.18. The zero-order chi connectivity index (χ0) is 18.7. The lowest BCUT2D eigenvalue weighted by molar-refractivity contribution is -0.242. The summed E-state index contributed by atoms with van der Waals surface area (Å²) in [5.74, 6) is 0.498. The fourth-order valence-corrected chi connectivity index (χ4v) is 3.26. The number of rotatable bonds is 5. The number of ether oxygens (including phenoxy) is 2. The van der Waals surface area contributed by atoms with Crippen LogP contribution in [0.5, 0.6) is 5.75 Å². The lowest BCUT2D eigenvalue weighted by Crippen LogP contribution is -2.54. The molecule has 0 aromatic heterocycles. The molecule has 0 amide bonds. The van der Waals surface area contributed by atoms with E-state index < -0.39 is 35.8 Å². The quantitative estimate of drug-likeness (QED) is 0.666. The van der Waals surface area contributed by atoms with Crippen molar-refractivity contribution in [2.45, 2.75) is 35.9 Å². The summed E-state index contributed by atoms with van der Waals surface area (Å²) in [7, 11) is 0. The van der Waals surface area contributed by atoms with Gasteiger partial charge in [0.05, 0.1) is 6.61 Å². The van der Waals surface area contributed by atoms with Crippen LogP contribution in [0.2, 0.25) is 0 Å². The van der Waals surface area contributed by atoms with Crippen LogP contribution in [-0.4, -0.2) is 57.3 Å². The highest BCUT2D eigenvalue weighted by molar-refractivity contribution is 7.90. The van der Waals surface area contributed by atoms with Crippen LogP contribution in [0, 0.1) is 0 Å². The number of aliphatic hydroxyl groups is 3. The summed E-state index contributed by atoms with van der Waals surface area (Å²) in [5.41, 5.74) is 2.18. The molecule has 1 aliphatic rings. The van der Waals surface area contributed by atoms with Gasteiger partial charge < -0.3 is 29.3 Å². The molecule has 1 fully saturated rings. The molecule has 0 bridgehead atoms. The molecule has 0 aliphatic carbocycles. The molecule has 26 heavy (non-hydrogen) atoms. The smallest absolute Gasteiger partial charge is 0.228 e. The first-order valence-electron chi connectivity index (χ1n) is 8.28. The van der Waals surface area contributed by atoms with E-state index in [1.807, 2.05) is 36.4 Å². The van der Waals surface area contributed by atoms with Crippen molar-refractivity contribution < 1.29 is 29.3 Å². The fourth-order valence-electron chi connectivity index (χ4n) is 2.74. The van der Waals surface area contributed by atoms with Crippen molar-refractivity contribution in [1.82, 2.24) is 0 Å². The standard InChI is InChI=1S/C19H22O6S/c1-26(23)15-8-4-13(5-9-15)10-12-2-6-14(7-3-12)25-19-18(22)17(21)16(20)11-24-19/h2-9,16-22H,10-11H2,1H3/t16-,17+,18-,19+,26?/m1/s1. The molecule has 0 saturated carbocycles. The molecule has 7 heteroatoms. The minimum atomic E-state index is -1.32. The highest BCUT2D eigenvalue weighted by Crippen LogP contribution is 2.22. The molecule has 0 radical (unpaired) electrons. The van der Waals surface area contributed by atoms with Crippen LogP contribution in [0.4, 0.5) is 0 Å². The lowest BCUT2D eigenvalue weighted by Gasteiger charge is -2.34. The Bertz CT molecular complexity index is 703. The molecule has 2 aromatic rings. The molecular formula is C19H22O6S. The van der Waals surface area contributed by atoms with E-state index in [0.29, 0.717) is 5.75 Å². The van der Waals surface area contributed by atoms with Crippen molar-refractivity contribution in [3.05, 3.63) is 59.7 Å². The van der Waals surface area contributed by atoms with Gasteiger partial charge in [-0.25, -0.2) is 0 Å². The highest BCUT2D eigenvalue weighted by atomic mass is 32.2. The predicted molar refractivity (Wildman–Crippen MR) is 96.4 cm³/mol. The van der Waals surface area contributed by atoms with E-state index in [1.165, 1.54) is 0 Å². The Hall–Kier alpha value is -1.61. The zero-order valence-electron chi connectivity index (χ0n) is 14.3. The van der Waals surface area contributed by atoms with E-state index in [4.69, 9.17) is 9.47 Å². The van der Waals surface area contributed by atoms with E-state index in [-0.39, 0.29) is 6.61 Å². The average Bonchev–Trinajstić information content (AvgIpc) is 2.64. The maximum Gasteiger partial charge on any atom is 0.228 e. The second-order valence-electron chi connectivity index (χ2n) is 6.29. The van der Waals surface area contributed by atoms with E-state index in [2.05, 4.69) is 0 Å². The van der Waals surface area contributed by atoms with Crippen LogP contribution in [0.25, 0.3) is 0 Å². The number of benzene rings is 2. The first kappa shape index (κ1) is 19.2. The minimum absolute atomic E-state index is 0.0977. The maximum absolute atomic E-state index is 11.4. The molecule has 6 nitrogen and oxygen atoms in total. The van der Waals surface area contributed by atoms with Crippen molar-refractivity contribution >= 4 is 11.2 Å². The minimum Gasteiger partial charge on any atom is -0.612 e. The molecule has 1 heterocycles. The molecule has 1 saturated heterocycles. The summed E-state index contributed by atoms with van der Waals surface area (Å²) < 4.78 is 22.2. The summed E-state index contributed by atoms with van der Waals surface area (Å²) in [4.78, 5) is 0.802. The molecule has 5 atom stereocenters. The predicted octanol–water partition coefficient (Wildman–Crippen LogP) is 0.833. The van der Waals surface area contributed by atoms with Crippen molar-refractivity contribution in [1.29, 1.82) is 0 Å². The van der Waals surface area contributed by atoms with E-state index in [9.17, 15) is 19.9 Å². The largest absolute Gasteiger partial charge is 0.612 e. The van der Waals surface area contributed by atoms with Gasteiger partial charge >= 0.3 is 0 Å². The van der Waals surface area contributed by atoms with Gasteiger partial charge in [-0.3, -0.25) is 0 Å². The molecule has 3 rings (SSSR count). The first-order valence-corrected chi connectivity index (χ1v) is 9.83. The lowest BCUT2D eigenvalue weighted by atomic mass is 10.0. The molecule has 0 spiro atoms. The molecule has 140 valence electrons. The Morgan fingerprint density at radius 2 is 1.58 bits per heavy atom. The van der Waals surface area contributed by atoms with Gasteiger partial charge in [0.2, 0.25) is 6.29 Å². The topological polar surface area (TPSA) is 102 Å². The van der Waals surface area contributed by atoms with Crippen molar-refractivity contribution in [3.8, 4) is 5.75 Å². The monoisotopic (exact) mass is 378 g/mol. The Morgan fingerprint density at radius 3 is 2.15 bits per heavy atom. The van der Waals surface area contributed by atoms with Crippen LogP contribution in [0.15, 0.2) is 53.4 Å². The van der Waals surface area contributed by atoms with Crippen molar-refractivity contribution in [2.75, 3.05) is 12.9 Å². The normalized spacial score (nSPS) is 27.1. The third kappa shape index (κ3) is 4.56. The first-order chi connectivity index (χ1) is 12.4. The van der Waals surface area contributed by atoms with Gasteiger partial charge in [-0.05, 0) is 53.0 Å². The summed E-state index contributed by atoms with van der Waals surface area (Å²) in [5, 5.41) is 29.0. The fraction of sp³-hybridized carbons (Fsp3) is 0.368. The van der Waals surface area contributed by atoms with Gasteiger partial charge in [-0.2, -0.15) is 0 Å². The summed E-state index contributed by atoms with van der Waals surface area (Å²) in [6.45, 7) is -0.0977. The van der Waals surface area contributed by atoms with Crippen LogP contribution >= 0.6 is 0 Å². The SMILES string of the molecule is C[S+]([O-])c1ccc(Cc2ccc(O[C@@H]3OC[C@@H](O)[C@H](O)[C@H]3O)cc2)cc1.